The molecule has 1 heterocycles. The molecule has 3 N–H and O–H groups in total. The Hall–Kier alpha value is -1.56. The number of hydrogen-bond donors (Lipinski definition) is 2. The van der Waals surface area contributed by atoms with Gasteiger partial charge in [-0.05, 0) is 19.4 Å². The zero-order valence-electron chi connectivity index (χ0n) is 9.02. The van der Waals surface area contributed by atoms with Crippen molar-refractivity contribution in [3.05, 3.63) is 15.8 Å². The lowest BCUT2D eigenvalue weighted by atomic mass is 10.3. The van der Waals surface area contributed by atoms with Crippen molar-refractivity contribution in [1.82, 2.24) is 0 Å². The first-order valence-corrected chi connectivity index (χ1v) is 5.59. The zero-order chi connectivity index (χ0) is 12.3. The Morgan fingerprint density at radius 2 is 2.25 bits per heavy atom. The molecule has 1 atom stereocenters. The molecule has 0 aliphatic heterocycles. The number of amides is 1. The van der Waals surface area contributed by atoms with E-state index in [-0.39, 0.29) is 10.6 Å². The summed E-state index contributed by atoms with van der Waals surface area (Å²) >= 11 is 1.14. The standard InChI is InChI=1S/C10H13NO4S/c1-3-6-4-7(8(16-6)10(13)14)15-5(2)9(11)12/h4-5H,3H2,1-2H3,(H2,11,12)(H,13,14). The van der Waals surface area contributed by atoms with Crippen molar-refractivity contribution >= 4 is 23.2 Å². The van der Waals surface area contributed by atoms with Crippen molar-refractivity contribution in [3.8, 4) is 5.75 Å². The van der Waals surface area contributed by atoms with Crippen LogP contribution in [-0.4, -0.2) is 23.1 Å². The minimum atomic E-state index is -1.06. The molecule has 1 aromatic rings. The Labute approximate surface area is 96.8 Å². The maximum Gasteiger partial charge on any atom is 0.349 e. The van der Waals surface area contributed by atoms with Crippen molar-refractivity contribution in [1.29, 1.82) is 0 Å². The van der Waals surface area contributed by atoms with Crippen LogP contribution < -0.4 is 10.5 Å². The van der Waals surface area contributed by atoms with Crippen LogP contribution in [0, 0.1) is 0 Å². The number of primary amides is 1. The third kappa shape index (κ3) is 2.73. The number of hydrogen-bond acceptors (Lipinski definition) is 4. The van der Waals surface area contributed by atoms with E-state index in [1.165, 1.54) is 6.92 Å². The smallest absolute Gasteiger partial charge is 0.349 e. The molecule has 88 valence electrons. The molecule has 1 amide bonds. The fourth-order valence-corrected chi connectivity index (χ4v) is 1.95. The summed E-state index contributed by atoms with van der Waals surface area (Å²) in [6, 6.07) is 1.63. The second-order valence-corrected chi connectivity index (χ2v) is 4.36. The van der Waals surface area contributed by atoms with Gasteiger partial charge in [-0.2, -0.15) is 0 Å². The third-order valence-electron chi connectivity index (χ3n) is 2.00. The topological polar surface area (TPSA) is 89.6 Å². The molecule has 1 aromatic heterocycles. The lowest BCUT2D eigenvalue weighted by molar-refractivity contribution is -0.124. The van der Waals surface area contributed by atoms with Gasteiger partial charge in [0.25, 0.3) is 5.91 Å². The quantitative estimate of drug-likeness (QED) is 0.814. The number of carboxylic acids is 1. The molecule has 0 radical (unpaired) electrons. The Morgan fingerprint density at radius 3 is 2.69 bits per heavy atom. The van der Waals surface area contributed by atoms with E-state index >= 15 is 0 Å². The number of aryl methyl sites for hydroxylation is 1. The summed E-state index contributed by atoms with van der Waals surface area (Å²) in [5, 5.41) is 8.94. The molecule has 0 aliphatic rings. The van der Waals surface area contributed by atoms with E-state index < -0.39 is 18.0 Å². The van der Waals surface area contributed by atoms with Gasteiger partial charge in [-0.3, -0.25) is 4.79 Å². The van der Waals surface area contributed by atoms with E-state index in [2.05, 4.69) is 0 Å². The van der Waals surface area contributed by atoms with Crippen LogP contribution >= 0.6 is 11.3 Å². The van der Waals surface area contributed by atoms with Gasteiger partial charge < -0.3 is 15.6 Å². The van der Waals surface area contributed by atoms with Crippen LogP contribution in [0.1, 0.15) is 28.4 Å². The van der Waals surface area contributed by atoms with Gasteiger partial charge in [0.1, 0.15) is 5.75 Å². The summed E-state index contributed by atoms with van der Waals surface area (Å²) in [5.74, 6) is -1.47. The normalized spacial score (nSPS) is 12.1. The molecule has 0 aliphatic carbocycles. The molecule has 16 heavy (non-hydrogen) atoms. The van der Waals surface area contributed by atoms with Crippen LogP contribution in [0.15, 0.2) is 6.07 Å². The van der Waals surface area contributed by atoms with Gasteiger partial charge in [-0.1, -0.05) is 6.92 Å². The summed E-state index contributed by atoms with van der Waals surface area (Å²) in [6.07, 6.45) is -0.114. The molecule has 0 saturated heterocycles. The number of rotatable bonds is 5. The minimum Gasteiger partial charge on any atom is -0.479 e. The zero-order valence-corrected chi connectivity index (χ0v) is 9.84. The lowest BCUT2D eigenvalue weighted by Crippen LogP contribution is -2.30. The van der Waals surface area contributed by atoms with Crippen LogP contribution in [0.3, 0.4) is 0 Å². The highest BCUT2D eigenvalue weighted by atomic mass is 32.1. The molecule has 5 nitrogen and oxygen atoms in total. The van der Waals surface area contributed by atoms with Gasteiger partial charge in [0.05, 0.1) is 0 Å². The molecule has 0 fully saturated rings. The third-order valence-corrected chi connectivity index (χ3v) is 3.24. The highest BCUT2D eigenvalue weighted by molar-refractivity contribution is 7.14. The number of nitrogens with two attached hydrogens (primary N) is 1. The van der Waals surface area contributed by atoms with Gasteiger partial charge in [-0.15, -0.1) is 11.3 Å². The Kier molecular flexibility index (Phi) is 3.89. The fraction of sp³-hybridized carbons (Fsp3) is 0.400. The SMILES string of the molecule is CCc1cc(OC(C)C(N)=O)c(C(=O)O)s1. The van der Waals surface area contributed by atoms with Crippen LogP contribution in [0.5, 0.6) is 5.75 Å². The summed E-state index contributed by atoms with van der Waals surface area (Å²) in [4.78, 5) is 22.7. The van der Waals surface area contributed by atoms with Gasteiger partial charge in [0.2, 0.25) is 0 Å². The molecule has 0 spiro atoms. The molecule has 0 bridgehead atoms. The predicted octanol–water partition coefficient (Wildman–Crippen LogP) is 1.26. The first-order valence-electron chi connectivity index (χ1n) is 4.77. The predicted molar refractivity (Wildman–Crippen MR) is 59.9 cm³/mol. The first-order chi connectivity index (χ1) is 7.45. The summed E-state index contributed by atoms with van der Waals surface area (Å²) in [6.45, 7) is 3.40. The van der Waals surface area contributed by atoms with Crippen molar-refractivity contribution in [2.24, 2.45) is 5.73 Å². The van der Waals surface area contributed by atoms with Crippen LogP contribution in [0.25, 0.3) is 0 Å². The van der Waals surface area contributed by atoms with Crippen molar-refractivity contribution in [2.75, 3.05) is 0 Å². The van der Waals surface area contributed by atoms with Gasteiger partial charge in [-0.25, -0.2) is 4.79 Å². The maximum absolute atomic E-state index is 10.9. The molecule has 1 rings (SSSR count). The first kappa shape index (κ1) is 12.5. The maximum atomic E-state index is 10.9. The minimum absolute atomic E-state index is 0.102. The molecule has 0 aromatic carbocycles. The summed E-state index contributed by atoms with van der Waals surface area (Å²) in [7, 11) is 0. The van der Waals surface area contributed by atoms with Crippen LogP contribution in [-0.2, 0) is 11.2 Å². The van der Waals surface area contributed by atoms with Gasteiger partial charge >= 0.3 is 5.97 Å². The largest absolute Gasteiger partial charge is 0.479 e. The van der Waals surface area contributed by atoms with Gasteiger partial charge in [0.15, 0.2) is 11.0 Å². The monoisotopic (exact) mass is 243 g/mol. The number of ether oxygens (including phenoxy) is 1. The fourth-order valence-electron chi connectivity index (χ4n) is 1.08. The molecular formula is C10H13NO4S. The Balaban J connectivity index is 2.97. The molecule has 1 unspecified atom stereocenters. The molecule has 6 heteroatoms. The van der Waals surface area contributed by atoms with E-state index in [1.54, 1.807) is 6.07 Å². The van der Waals surface area contributed by atoms with E-state index in [1.807, 2.05) is 6.92 Å². The average molecular weight is 243 g/mol. The molecule has 0 saturated carbocycles. The van der Waals surface area contributed by atoms with Crippen LogP contribution in [0.2, 0.25) is 0 Å². The summed E-state index contributed by atoms with van der Waals surface area (Å²) in [5.41, 5.74) is 5.04. The van der Waals surface area contributed by atoms with Gasteiger partial charge in [0, 0.05) is 4.88 Å². The number of carboxylic acid groups (broad SMARTS) is 1. The lowest BCUT2D eigenvalue weighted by Gasteiger charge is -2.09. The van der Waals surface area contributed by atoms with Crippen molar-refractivity contribution < 1.29 is 19.4 Å². The van der Waals surface area contributed by atoms with E-state index in [0.29, 0.717) is 0 Å². The van der Waals surface area contributed by atoms with Crippen molar-refractivity contribution in [3.63, 3.8) is 0 Å². The highest BCUT2D eigenvalue weighted by Gasteiger charge is 2.19. The second kappa shape index (κ2) is 4.98. The highest BCUT2D eigenvalue weighted by Crippen LogP contribution is 2.30. The average Bonchev–Trinajstić information content (AvgIpc) is 2.61. The van der Waals surface area contributed by atoms with E-state index in [9.17, 15) is 9.59 Å². The number of carbonyl (C=O) groups is 2. The second-order valence-electron chi connectivity index (χ2n) is 3.23. The number of aromatic carboxylic acids is 1. The van der Waals surface area contributed by atoms with E-state index in [0.717, 1.165) is 22.6 Å². The number of carbonyl (C=O) groups excluding carboxylic acids is 1. The number of thiophene rings is 1. The Morgan fingerprint density at radius 1 is 1.62 bits per heavy atom. The molecular weight excluding hydrogens is 230 g/mol. The van der Waals surface area contributed by atoms with Crippen molar-refractivity contribution in [2.45, 2.75) is 26.4 Å². The summed E-state index contributed by atoms with van der Waals surface area (Å²) < 4.78 is 5.21. The van der Waals surface area contributed by atoms with E-state index in [4.69, 9.17) is 15.6 Å². The Bertz CT molecular complexity index is 413. The van der Waals surface area contributed by atoms with Crippen LogP contribution in [0.4, 0.5) is 0 Å².